The Morgan fingerprint density at radius 3 is 2.34 bits per heavy atom. The summed E-state index contributed by atoms with van der Waals surface area (Å²) in [4.78, 5) is 6.48. The number of halogens is 4. The molecule has 1 aromatic rings. The topological polar surface area (TPSA) is 39.7 Å². The SMILES string of the molecule is CN=C(NCCCCN1CCC(Cc2ccccc2)CC1)NCCC(F)(F)F.I. The molecule has 0 atom stereocenters. The van der Waals surface area contributed by atoms with Crippen LogP contribution in [-0.2, 0) is 6.42 Å². The second-order valence-corrected chi connectivity index (χ2v) is 7.47. The largest absolute Gasteiger partial charge is 0.390 e. The summed E-state index contributed by atoms with van der Waals surface area (Å²) >= 11 is 0. The molecule has 0 aliphatic carbocycles. The van der Waals surface area contributed by atoms with Crippen LogP contribution in [-0.4, -0.2) is 56.8 Å². The Kier molecular flexibility index (Phi) is 12.6. The summed E-state index contributed by atoms with van der Waals surface area (Å²) in [6.45, 7) is 3.97. The van der Waals surface area contributed by atoms with E-state index >= 15 is 0 Å². The number of likely N-dealkylation sites (tertiary alicyclic amines) is 1. The highest BCUT2D eigenvalue weighted by Gasteiger charge is 2.26. The average Bonchev–Trinajstić information content (AvgIpc) is 2.67. The zero-order valence-electron chi connectivity index (χ0n) is 17.2. The van der Waals surface area contributed by atoms with Gasteiger partial charge in [0, 0.05) is 20.1 Å². The van der Waals surface area contributed by atoms with Crippen LogP contribution in [0.3, 0.4) is 0 Å². The molecule has 0 amide bonds. The Hall–Kier alpha value is -1.03. The molecule has 0 bridgehead atoms. The fourth-order valence-corrected chi connectivity index (χ4v) is 3.57. The molecule has 2 N–H and O–H groups in total. The highest BCUT2D eigenvalue weighted by Crippen LogP contribution is 2.21. The van der Waals surface area contributed by atoms with Crippen molar-refractivity contribution in [2.45, 2.75) is 44.7 Å². The van der Waals surface area contributed by atoms with Crippen molar-refractivity contribution in [1.29, 1.82) is 0 Å². The van der Waals surface area contributed by atoms with E-state index in [9.17, 15) is 13.2 Å². The molecule has 0 spiro atoms. The summed E-state index contributed by atoms with van der Waals surface area (Å²) in [6, 6.07) is 10.7. The van der Waals surface area contributed by atoms with Gasteiger partial charge in [-0.15, -0.1) is 24.0 Å². The molecule has 4 nitrogen and oxygen atoms in total. The average molecular weight is 526 g/mol. The van der Waals surface area contributed by atoms with Crippen molar-refractivity contribution in [3.63, 3.8) is 0 Å². The number of benzene rings is 1. The predicted molar refractivity (Wildman–Crippen MR) is 124 cm³/mol. The molecule has 0 radical (unpaired) electrons. The molecule has 1 aromatic carbocycles. The van der Waals surface area contributed by atoms with E-state index in [4.69, 9.17) is 0 Å². The minimum Gasteiger partial charge on any atom is -0.356 e. The van der Waals surface area contributed by atoms with E-state index in [0.717, 1.165) is 44.9 Å². The van der Waals surface area contributed by atoms with Gasteiger partial charge in [-0.05, 0) is 63.2 Å². The lowest BCUT2D eigenvalue weighted by molar-refractivity contribution is -0.132. The molecule has 1 aliphatic rings. The van der Waals surface area contributed by atoms with Crippen molar-refractivity contribution in [2.24, 2.45) is 10.9 Å². The summed E-state index contributed by atoms with van der Waals surface area (Å²) in [7, 11) is 1.57. The van der Waals surface area contributed by atoms with Gasteiger partial charge in [0.25, 0.3) is 0 Å². The number of guanidine groups is 1. The number of unbranched alkanes of at least 4 members (excludes halogenated alkanes) is 1. The van der Waals surface area contributed by atoms with Gasteiger partial charge in [-0.25, -0.2) is 0 Å². The third-order valence-electron chi connectivity index (χ3n) is 5.19. The Bertz CT molecular complexity index is 573. The zero-order valence-corrected chi connectivity index (χ0v) is 19.5. The molecule has 1 aliphatic heterocycles. The van der Waals surface area contributed by atoms with Crippen molar-refractivity contribution in [1.82, 2.24) is 15.5 Å². The Balaban J connectivity index is 0.00000420. The maximum Gasteiger partial charge on any atom is 0.390 e. The molecule has 0 saturated carbocycles. The van der Waals surface area contributed by atoms with E-state index in [1.807, 2.05) is 0 Å². The molecule has 1 heterocycles. The predicted octanol–water partition coefficient (Wildman–Crippen LogP) is 4.46. The van der Waals surface area contributed by atoms with Crippen LogP contribution < -0.4 is 10.6 Å². The third kappa shape index (κ3) is 11.7. The van der Waals surface area contributed by atoms with Gasteiger partial charge in [-0.2, -0.15) is 13.2 Å². The van der Waals surface area contributed by atoms with Crippen LogP contribution in [0.2, 0.25) is 0 Å². The van der Waals surface area contributed by atoms with Gasteiger partial charge in [-0.1, -0.05) is 30.3 Å². The lowest BCUT2D eigenvalue weighted by atomic mass is 9.90. The molecule has 2 rings (SSSR count). The summed E-state index contributed by atoms with van der Waals surface area (Å²) < 4.78 is 36.5. The van der Waals surface area contributed by atoms with Crippen molar-refractivity contribution < 1.29 is 13.2 Å². The minimum atomic E-state index is -4.14. The number of hydrogen-bond acceptors (Lipinski definition) is 2. The first-order chi connectivity index (χ1) is 13.5. The number of hydrogen-bond donors (Lipinski definition) is 2. The molecular formula is C21H34F3IN4. The molecule has 0 aromatic heterocycles. The number of aliphatic imine (C=N–C) groups is 1. The van der Waals surface area contributed by atoms with Crippen molar-refractivity contribution in [2.75, 3.05) is 39.8 Å². The van der Waals surface area contributed by atoms with Crippen LogP contribution in [0.25, 0.3) is 0 Å². The highest BCUT2D eigenvalue weighted by atomic mass is 127. The molecule has 1 fully saturated rings. The fraction of sp³-hybridized carbons (Fsp3) is 0.667. The minimum absolute atomic E-state index is 0. The van der Waals surface area contributed by atoms with Gasteiger partial charge in [-0.3, -0.25) is 4.99 Å². The van der Waals surface area contributed by atoms with Gasteiger partial charge in [0.2, 0.25) is 0 Å². The van der Waals surface area contributed by atoms with Crippen LogP contribution in [0, 0.1) is 5.92 Å². The number of nitrogens with zero attached hydrogens (tertiary/aromatic N) is 2. The van der Waals surface area contributed by atoms with Gasteiger partial charge in [0.15, 0.2) is 5.96 Å². The van der Waals surface area contributed by atoms with E-state index in [-0.39, 0.29) is 30.5 Å². The standard InChI is InChI=1S/C21H33F3N4.HI/c1-25-20(27-13-11-21(22,23)24)26-12-5-6-14-28-15-9-19(10-16-28)17-18-7-3-2-4-8-18;/h2-4,7-8,19H,5-6,9-17H2,1H3,(H2,25,26,27);1H. The third-order valence-corrected chi connectivity index (χ3v) is 5.19. The number of rotatable bonds is 9. The van der Waals surface area contributed by atoms with Gasteiger partial charge >= 0.3 is 6.18 Å². The maximum absolute atomic E-state index is 12.2. The number of nitrogens with one attached hydrogen (secondary N) is 2. The van der Waals surface area contributed by atoms with Crippen LogP contribution in [0.15, 0.2) is 35.3 Å². The monoisotopic (exact) mass is 526 g/mol. The van der Waals surface area contributed by atoms with Gasteiger partial charge in [0.05, 0.1) is 6.42 Å². The lowest BCUT2D eigenvalue weighted by Gasteiger charge is -2.32. The summed E-state index contributed by atoms with van der Waals surface area (Å²) in [6.07, 6.45) is 0.749. The first-order valence-electron chi connectivity index (χ1n) is 10.2. The summed E-state index contributed by atoms with van der Waals surface area (Å²) in [5.74, 6) is 1.22. The van der Waals surface area contributed by atoms with Crippen molar-refractivity contribution >= 4 is 29.9 Å². The second kappa shape index (κ2) is 14.1. The first kappa shape index (κ1) is 26.0. The number of piperidine rings is 1. The molecule has 1 saturated heterocycles. The van der Waals surface area contributed by atoms with Crippen molar-refractivity contribution in [3.8, 4) is 0 Å². The quantitative estimate of drug-likeness (QED) is 0.216. The summed E-state index contributed by atoms with van der Waals surface area (Å²) in [5, 5.41) is 5.78. The molecule has 8 heteroatoms. The van der Waals surface area contributed by atoms with Crippen LogP contribution in [0.4, 0.5) is 13.2 Å². The lowest BCUT2D eigenvalue weighted by Crippen LogP contribution is -2.39. The fourth-order valence-electron chi connectivity index (χ4n) is 3.57. The summed E-state index contributed by atoms with van der Waals surface area (Å²) in [5.41, 5.74) is 1.43. The maximum atomic E-state index is 12.2. The van der Waals surface area contributed by atoms with Gasteiger partial charge < -0.3 is 15.5 Å². The second-order valence-electron chi connectivity index (χ2n) is 7.47. The van der Waals surface area contributed by atoms with E-state index < -0.39 is 12.6 Å². The Labute approximate surface area is 189 Å². The molecule has 166 valence electrons. The van der Waals surface area contributed by atoms with Gasteiger partial charge in [0.1, 0.15) is 0 Å². The normalized spacial score (nSPS) is 16.3. The van der Waals surface area contributed by atoms with Crippen molar-refractivity contribution in [3.05, 3.63) is 35.9 Å². The zero-order chi connectivity index (χ0) is 20.2. The van der Waals surface area contributed by atoms with Crippen LogP contribution in [0.1, 0.15) is 37.7 Å². The smallest absolute Gasteiger partial charge is 0.356 e. The van der Waals surface area contributed by atoms with E-state index in [1.54, 1.807) is 7.05 Å². The Morgan fingerprint density at radius 2 is 1.72 bits per heavy atom. The molecule has 0 unspecified atom stereocenters. The Morgan fingerprint density at radius 1 is 1.07 bits per heavy atom. The highest BCUT2D eigenvalue weighted by molar-refractivity contribution is 14.0. The first-order valence-corrected chi connectivity index (χ1v) is 10.2. The van der Waals surface area contributed by atoms with E-state index in [0.29, 0.717) is 5.96 Å². The van der Waals surface area contributed by atoms with E-state index in [2.05, 4.69) is 50.9 Å². The van der Waals surface area contributed by atoms with E-state index in [1.165, 1.54) is 24.8 Å². The number of alkyl halides is 3. The molecule has 29 heavy (non-hydrogen) atoms. The molecular weight excluding hydrogens is 492 g/mol. The van der Waals surface area contributed by atoms with Crippen LogP contribution >= 0.6 is 24.0 Å². The van der Waals surface area contributed by atoms with Crippen LogP contribution in [0.5, 0.6) is 0 Å².